The van der Waals surface area contributed by atoms with Gasteiger partial charge in [-0.25, -0.2) is 0 Å². The summed E-state index contributed by atoms with van der Waals surface area (Å²) in [5.74, 6) is 0.331. The molecule has 1 saturated heterocycles. The van der Waals surface area contributed by atoms with Crippen molar-refractivity contribution in [2.24, 2.45) is 5.92 Å². The molecular weight excluding hydrogens is 225 g/mol. The fraction of sp³-hybridized carbons (Fsp3) is 0.500. The SMILES string of the molecule is OCC1CN(c2cc(Cl)nnc2Cl)C1. The Morgan fingerprint density at radius 1 is 1.43 bits per heavy atom. The maximum atomic E-state index is 8.86. The first-order valence-corrected chi connectivity index (χ1v) is 5.01. The number of aromatic nitrogens is 2. The van der Waals surface area contributed by atoms with Gasteiger partial charge in [0.2, 0.25) is 0 Å². The highest BCUT2D eigenvalue weighted by Crippen LogP contribution is 2.30. The van der Waals surface area contributed by atoms with E-state index in [0.29, 0.717) is 16.2 Å². The number of hydrogen-bond acceptors (Lipinski definition) is 4. The summed E-state index contributed by atoms with van der Waals surface area (Å²) in [7, 11) is 0. The fourth-order valence-electron chi connectivity index (χ4n) is 1.45. The highest BCUT2D eigenvalue weighted by atomic mass is 35.5. The van der Waals surface area contributed by atoms with E-state index in [1.807, 2.05) is 4.90 Å². The lowest BCUT2D eigenvalue weighted by atomic mass is 10.0. The molecule has 0 spiro atoms. The molecule has 0 amide bonds. The summed E-state index contributed by atoms with van der Waals surface area (Å²) in [6.07, 6.45) is 0. The van der Waals surface area contributed by atoms with Crippen LogP contribution in [-0.2, 0) is 0 Å². The van der Waals surface area contributed by atoms with Gasteiger partial charge in [0.25, 0.3) is 0 Å². The van der Waals surface area contributed by atoms with Crippen molar-refractivity contribution in [3.05, 3.63) is 16.4 Å². The Kier molecular flexibility index (Phi) is 2.76. The molecule has 0 aliphatic carbocycles. The van der Waals surface area contributed by atoms with Gasteiger partial charge in [-0.1, -0.05) is 23.2 Å². The van der Waals surface area contributed by atoms with Crippen molar-refractivity contribution in [2.75, 3.05) is 24.6 Å². The first-order chi connectivity index (χ1) is 6.70. The zero-order valence-electron chi connectivity index (χ0n) is 7.32. The number of rotatable bonds is 2. The maximum absolute atomic E-state index is 8.86. The molecule has 76 valence electrons. The normalized spacial score (nSPS) is 16.9. The van der Waals surface area contributed by atoms with E-state index in [9.17, 15) is 0 Å². The molecule has 2 rings (SSSR count). The summed E-state index contributed by atoms with van der Waals surface area (Å²) in [5, 5.41) is 16.9. The molecule has 0 radical (unpaired) electrons. The van der Waals surface area contributed by atoms with E-state index in [1.165, 1.54) is 0 Å². The molecule has 0 saturated carbocycles. The minimum atomic E-state index is 0.209. The third kappa shape index (κ3) is 1.78. The van der Waals surface area contributed by atoms with Crippen molar-refractivity contribution < 1.29 is 5.11 Å². The van der Waals surface area contributed by atoms with Gasteiger partial charge in [-0.05, 0) is 0 Å². The van der Waals surface area contributed by atoms with Gasteiger partial charge < -0.3 is 10.0 Å². The van der Waals surface area contributed by atoms with E-state index in [4.69, 9.17) is 28.3 Å². The van der Waals surface area contributed by atoms with Crippen LogP contribution in [0, 0.1) is 5.92 Å². The van der Waals surface area contributed by atoms with Crippen molar-refractivity contribution >= 4 is 28.9 Å². The van der Waals surface area contributed by atoms with Crippen LogP contribution in [0.5, 0.6) is 0 Å². The van der Waals surface area contributed by atoms with Crippen molar-refractivity contribution in [1.29, 1.82) is 0 Å². The van der Waals surface area contributed by atoms with Crippen LogP contribution in [-0.4, -0.2) is 35.0 Å². The lowest BCUT2D eigenvalue weighted by Gasteiger charge is -2.40. The highest BCUT2D eigenvalue weighted by Gasteiger charge is 2.28. The Bertz CT molecular complexity index is 341. The van der Waals surface area contributed by atoms with E-state index in [0.717, 1.165) is 18.8 Å². The van der Waals surface area contributed by atoms with Crippen molar-refractivity contribution in [3.63, 3.8) is 0 Å². The Morgan fingerprint density at radius 3 is 2.79 bits per heavy atom. The average Bonchev–Trinajstić information content (AvgIpc) is 2.09. The number of aliphatic hydroxyl groups is 1. The summed E-state index contributed by atoms with van der Waals surface area (Å²) in [4.78, 5) is 2.02. The highest BCUT2D eigenvalue weighted by molar-refractivity contribution is 6.33. The van der Waals surface area contributed by atoms with Gasteiger partial charge >= 0.3 is 0 Å². The third-order valence-electron chi connectivity index (χ3n) is 2.26. The molecule has 0 unspecified atom stereocenters. The Hall–Kier alpha value is -0.580. The van der Waals surface area contributed by atoms with Gasteiger partial charge in [-0.15, -0.1) is 10.2 Å². The average molecular weight is 234 g/mol. The maximum Gasteiger partial charge on any atom is 0.175 e. The summed E-state index contributed by atoms with van der Waals surface area (Å²) in [5.41, 5.74) is 0.788. The number of aliphatic hydroxyl groups excluding tert-OH is 1. The van der Waals surface area contributed by atoms with E-state index < -0.39 is 0 Å². The molecule has 1 aliphatic heterocycles. The topological polar surface area (TPSA) is 49.2 Å². The predicted octanol–water partition coefficient (Wildman–Crippen LogP) is 1.21. The number of hydrogen-bond donors (Lipinski definition) is 1. The van der Waals surface area contributed by atoms with Crippen LogP contribution < -0.4 is 4.90 Å². The Morgan fingerprint density at radius 2 is 2.14 bits per heavy atom. The zero-order chi connectivity index (χ0) is 10.1. The van der Waals surface area contributed by atoms with E-state index in [1.54, 1.807) is 6.07 Å². The molecule has 4 nitrogen and oxygen atoms in total. The summed E-state index contributed by atoms with van der Waals surface area (Å²) in [6, 6.07) is 1.69. The van der Waals surface area contributed by atoms with Crippen LogP contribution in [0.4, 0.5) is 5.69 Å². The molecule has 0 bridgehead atoms. The van der Waals surface area contributed by atoms with Gasteiger partial charge in [0.15, 0.2) is 10.3 Å². The molecule has 14 heavy (non-hydrogen) atoms. The molecule has 1 aromatic rings. The van der Waals surface area contributed by atoms with Crippen molar-refractivity contribution in [1.82, 2.24) is 10.2 Å². The van der Waals surface area contributed by atoms with Crippen molar-refractivity contribution in [3.8, 4) is 0 Å². The zero-order valence-corrected chi connectivity index (χ0v) is 8.83. The van der Waals surface area contributed by atoms with Gasteiger partial charge in [0, 0.05) is 31.7 Å². The number of anilines is 1. The fourth-order valence-corrected chi connectivity index (χ4v) is 1.80. The Balaban J connectivity index is 2.13. The quantitative estimate of drug-likeness (QED) is 0.835. The third-order valence-corrected chi connectivity index (χ3v) is 2.71. The smallest absolute Gasteiger partial charge is 0.175 e. The Labute approximate surface area is 91.5 Å². The van der Waals surface area contributed by atoms with Crippen LogP contribution in [0.2, 0.25) is 10.3 Å². The molecule has 6 heteroatoms. The van der Waals surface area contributed by atoms with Crippen LogP contribution in [0.25, 0.3) is 0 Å². The van der Waals surface area contributed by atoms with E-state index in [2.05, 4.69) is 10.2 Å². The minimum Gasteiger partial charge on any atom is -0.396 e. The molecule has 1 aliphatic rings. The molecule has 0 aromatic carbocycles. The second kappa shape index (κ2) is 3.88. The molecule has 1 aromatic heterocycles. The van der Waals surface area contributed by atoms with Gasteiger partial charge in [0.05, 0.1) is 5.69 Å². The molecule has 0 atom stereocenters. The summed E-state index contributed by atoms with van der Waals surface area (Å²) < 4.78 is 0. The van der Waals surface area contributed by atoms with Crippen LogP contribution in [0.15, 0.2) is 6.07 Å². The van der Waals surface area contributed by atoms with Gasteiger partial charge in [0.1, 0.15) is 0 Å². The van der Waals surface area contributed by atoms with Crippen LogP contribution in [0.1, 0.15) is 0 Å². The molecular formula is C8H9Cl2N3O. The predicted molar refractivity (Wildman–Crippen MR) is 54.8 cm³/mol. The lowest BCUT2D eigenvalue weighted by molar-refractivity contribution is 0.200. The van der Waals surface area contributed by atoms with Gasteiger partial charge in [-0.2, -0.15) is 0 Å². The molecule has 1 N–H and O–H groups in total. The van der Waals surface area contributed by atoms with E-state index in [-0.39, 0.29) is 6.61 Å². The number of halogens is 2. The first-order valence-electron chi connectivity index (χ1n) is 4.25. The van der Waals surface area contributed by atoms with Crippen LogP contribution in [0.3, 0.4) is 0 Å². The van der Waals surface area contributed by atoms with Gasteiger partial charge in [-0.3, -0.25) is 0 Å². The minimum absolute atomic E-state index is 0.209. The standard InChI is InChI=1S/C8H9Cl2N3O/c9-7-1-6(8(10)12-11-7)13-2-5(3-13)4-14/h1,5,14H,2-4H2. The summed E-state index contributed by atoms with van der Waals surface area (Å²) in [6.45, 7) is 1.79. The van der Waals surface area contributed by atoms with E-state index >= 15 is 0 Å². The van der Waals surface area contributed by atoms with Crippen LogP contribution >= 0.6 is 23.2 Å². The second-order valence-corrected chi connectivity index (χ2v) is 4.04. The summed E-state index contributed by atoms with van der Waals surface area (Å²) >= 11 is 11.6. The first kappa shape index (κ1) is 9.96. The monoisotopic (exact) mass is 233 g/mol. The van der Waals surface area contributed by atoms with Crippen molar-refractivity contribution in [2.45, 2.75) is 0 Å². The lowest BCUT2D eigenvalue weighted by Crippen LogP contribution is -2.48. The second-order valence-electron chi connectivity index (χ2n) is 3.30. The molecule has 1 fully saturated rings. The number of nitrogens with zero attached hydrogens (tertiary/aromatic N) is 3. The molecule has 2 heterocycles. The largest absolute Gasteiger partial charge is 0.396 e.